The van der Waals surface area contributed by atoms with Gasteiger partial charge < -0.3 is 0 Å². The zero-order valence-corrected chi connectivity index (χ0v) is 12.6. The normalized spacial score (nSPS) is 10.9. The van der Waals surface area contributed by atoms with E-state index in [1.54, 1.807) is 11.3 Å². The Labute approximate surface area is 119 Å². The predicted octanol–water partition coefficient (Wildman–Crippen LogP) is 4.74. The molecule has 1 aromatic carbocycles. The van der Waals surface area contributed by atoms with Crippen LogP contribution in [0, 0.1) is 5.92 Å². The average Bonchev–Trinajstić information content (AvgIpc) is 2.86. The zero-order chi connectivity index (χ0) is 13.8. The lowest BCUT2D eigenvalue weighted by Crippen LogP contribution is -2.02. The van der Waals surface area contributed by atoms with Crippen molar-refractivity contribution in [3.05, 3.63) is 57.3 Å². The molecule has 1 aromatic heterocycles. The highest BCUT2D eigenvalue weighted by atomic mass is 32.1. The first-order valence-electron chi connectivity index (χ1n) is 6.81. The molecule has 1 heterocycles. The Kier molecular flexibility index (Phi) is 4.54. The standard InChI is InChI=1S/C17H20OS/c1-4-14-9-10-19-17(14)16(18)15-7-5-13(6-8-15)11-12(2)3/h5-10,12H,4,11H2,1-3H3. The molecule has 0 saturated heterocycles. The minimum Gasteiger partial charge on any atom is -0.288 e. The van der Waals surface area contributed by atoms with Crippen LogP contribution in [-0.4, -0.2) is 5.78 Å². The molecule has 0 unspecified atom stereocenters. The van der Waals surface area contributed by atoms with E-state index in [1.165, 1.54) is 5.56 Å². The number of carbonyl (C=O) groups is 1. The molecule has 19 heavy (non-hydrogen) atoms. The van der Waals surface area contributed by atoms with Gasteiger partial charge in [0.15, 0.2) is 0 Å². The molecule has 0 spiro atoms. The van der Waals surface area contributed by atoms with Crippen LogP contribution in [0.15, 0.2) is 35.7 Å². The summed E-state index contributed by atoms with van der Waals surface area (Å²) in [7, 11) is 0. The van der Waals surface area contributed by atoms with Crippen LogP contribution in [-0.2, 0) is 12.8 Å². The monoisotopic (exact) mass is 272 g/mol. The fourth-order valence-electron chi connectivity index (χ4n) is 2.21. The van der Waals surface area contributed by atoms with Crippen molar-refractivity contribution in [3.8, 4) is 0 Å². The van der Waals surface area contributed by atoms with Gasteiger partial charge in [0, 0.05) is 5.56 Å². The summed E-state index contributed by atoms with van der Waals surface area (Å²) in [5, 5.41) is 2.00. The molecular weight excluding hydrogens is 252 g/mol. The summed E-state index contributed by atoms with van der Waals surface area (Å²) in [5.41, 5.74) is 3.25. The molecule has 0 saturated carbocycles. The van der Waals surface area contributed by atoms with Crippen molar-refractivity contribution in [2.75, 3.05) is 0 Å². The molecule has 0 aliphatic carbocycles. The quantitative estimate of drug-likeness (QED) is 0.718. The van der Waals surface area contributed by atoms with Crippen molar-refractivity contribution in [2.45, 2.75) is 33.6 Å². The summed E-state index contributed by atoms with van der Waals surface area (Å²) in [5.74, 6) is 0.800. The number of rotatable bonds is 5. The predicted molar refractivity (Wildman–Crippen MR) is 82.1 cm³/mol. The van der Waals surface area contributed by atoms with Crippen LogP contribution in [0.2, 0.25) is 0 Å². The Hall–Kier alpha value is -1.41. The van der Waals surface area contributed by atoms with Gasteiger partial charge in [-0.25, -0.2) is 0 Å². The molecule has 0 N–H and O–H groups in total. The van der Waals surface area contributed by atoms with Crippen LogP contribution < -0.4 is 0 Å². The lowest BCUT2D eigenvalue weighted by atomic mass is 9.99. The fraction of sp³-hybridized carbons (Fsp3) is 0.353. The van der Waals surface area contributed by atoms with Crippen molar-refractivity contribution in [3.63, 3.8) is 0 Å². The third kappa shape index (κ3) is 3.32. The number of benzene rings is 1. The Balaban J connectivity index is 2.20. The van der Waals surface area contributed by atoms with Gasteiger partial charge in [-0.05, 0) is 41.3 Å². The lowest BCUT2D eigenvalue weighted by Gasteiger charge is -2.06. The Morgan fingerprint density at radius 1 is 1.16 bits per heavy atom. The van der Waals surface area contributed by atoms with Gasteiger partial charge in [-0.1, -0.05) is 45.0 Å². The molecule has 100 valence electrons. The van der Waals surface area contributed by atoms with Crippen LogP contribution in [0.3, 0.4) is 0 Å². The maximum Gasteiger partial charge on any atom is 0.203 e. The van der Waals surface area contributed by atoms with Gasteiger partial charge in [-0.3, -0.25) is 4.79 Å². The van der Waals surface area contributed by atoms with E-state index in [9.17, 15) is 4.79 Å². The second kappa shape index (κ2) is 6.16. The Bertz CT molecular complexity index is 549. The lowest BCUT2D eigenvalue weighted by molar-refractivity contribution is 0.104. The van der Waals surface area contributed by atoms with E-state index < -0.39 is 0 Å². The van der Waals surface area contributed by atoms with E-state index in [0.717, 1.165) is 28.8 Å². The number of hydrogen-bond acceptors (Lipinski definition) is 2. The maximum absolute atomic E-state index is 12.4. The molecule has 1 nitrogen and oxygen atoms in total. The molecule has 0 radical (unpaired) electrons. The number of hydrogen-bond donors (Lipinski definition) is 0. The van der Waals surface area contributed by atoms with Gasteiger partial charge in [0.25, 0.3) is 0 Å². The molecule has 0 bridgehead atoms. The van der Waals surface area contributed by atoms with Gasteiger partial charge in [-0.15, -0.1) is 11.3 Å². The highest BCUT2D eigenvalue weighted by Gasteiger charge is 2.14. The van der Waals surface area contributed by atoms with E-state index in [-0.39, 0.29) is 5.78 Å². The van der Waals surface area contributed by atoms with Crippen LogP contribution in [0.1, 0.15) is 47.1 Å². The van der Waals surface area contributed by atoms with Gasteiger partial charge in [0.05, 0.1) is 4.88 Å². The maximum atomic E-state index is 12.4. The van der Waals surface area contributed by atoms with Crippen molar-refractivity contribution in [1.82, 2.24) is 0 Å². The third-order valence-corrected chi connectivity index (χ3v) is 4.15. The SMILES string of the molecule is CCc1ccsc1C(=O)c1ccc(CC(C)C)cc1. The van der Waals surface area contributed by atoms with E-state index in [2.05, 4.69) is 32.9 Å². The number of thiophene rings is 1. The van der Waals surface area contributed by atoms with Gasteiger partial charge in [-0.2, -0.15) is 0 Å². The second-order valence-corrected chi connectivity index (χ2v) is 6.17. The molecule has 0 aliphatic rings. The summed E-state index contributed by atoms with van der Waals surface area (Å²) in [6, 6.07) is 10.1. The van der Waals surface area contributed by atoms with Gasteiger partial charge in [0.2, 0.25) is 5.78 Å². The first-order chi connectivity index (χ1) is 9.11. The molecule has 0 amide bonds. The number of ketones is 1. The summed E-state index contributed by atoms with van der Waals surface area (Å²) in [6.07, 6.45) is 1.98. The molecule has 2 heteroatoms. The molecule has 0 fully saturated rings. The molecule has 0 atom stereocenters. The van der Waals surface area contributed by atoms with Crippen LogP contribution in [0.4, 0.5) is 0 Å². The first-order valence-corrected chi connectivity index (χ1v) is 7.69. The van der Waals surface area contributed by atoms with Crippen LogP contribution in [0.5, 0.6) is 0 Å². The van der Waals surface area contributed by atoms with Gasteiger partial charge >= 0.3 is 0 Å². The third-order valence-electron chi connectivity index (χ3n) is 3.19. The fourth-order valence-corrected chi connectivity index (χ4v) is 3.17. The van der Waals surface area contributed by atoms with E-state index in [4.69, 9.17) is 0 Å². The summed E-state index contributed by atoms with van der Waals surface area (Å²) < 4.78 is 0. The van der Waals surface area contributed by atoms with Crippen LogP contribution >= 0.6 is 11.3 Å². The number of aryl methyl sites for hydroxylation is 1. The second-order valence-electron chi connectivity index (χ2n) is 5.25. The topological polar surface area (TPSA) is 17.1 Å². The smallest absolute Gasteiger partial charge is 0.203 e. The number of carbonyl (C=O) groups excluding carboxylic acids is 1. The van der Waals surface area contributed by atoms with Gasteiger partial charge in [0.1, 0.15) is 0 Å². The van der Waals surface area contributed by atoms with E-state index in [1.807, 2.05) is 23.6 Å². The van der Waals surface area contributed by atoms with Crippen LogP contribution in [0.25, 0.3) is 0 Å². The summed E-state index contributed by atoms with van der Waals surface area (Å²) in [6.45, 7) is 6.50. The average molecular weight is 272 g/mol. The van der Waals surface area contributed by atoms with Crippen molar-refractivity contribution in [2.24, 2.45) is 5.92 Å². The van der Waals surface area contributed by atoms with E-state index in [0.29, 0.717) is 5.92 Å². The molecule has 0 aliphatic heterocycles. The Morgan fingerprint density at radius 2 is 1.84 bits per heavy atom. The van der Waals surface area contributed by atoms with Crippen molar-refractivity contribution >= 4 is 17.1 Å². The minimum atomic E-state index is 0.156. The summed E-state index contributed by atoms with van der Waals surface area (Å²) >= 11 is 1.54. The highest BCUT2D eigenvalue weighted by molar-refractivity contribution is 7.12. The minimum absolute atomic E-state index is 0.156. The van der Waals surface area contributed by atoms with Crippen molar-refractivity contribution in [1.29, 1.82) is 0 Å². The Morgan fingerprint density at radius 3 is 2.42 bits per heavy atom. The van der Waals surface area contributed by atoms with E-state index >= 15 is 0 Å². The van der Waals surface area contributed by atoms with Crippen molar-refractivity contribution < 1.29 is 4.79 Å². The molecule has 2 aromatic rings. The summed E-state index contributed by atoms with van der Waals surface area (Å²) in [4.78, 5) is 13.3. The largest absolute Gasteiger partial charge is 0.288 e. The zero-order valence-electron chi connectivity index (χ0n) is 11.8. The molecular formula is C17H20OS. The molecule has 2 rings (SSSR count). The first kappa shape index (κ1) is 14.0. The highest BCUT2D eigenvalue weighted by Crippen LogP contribution is 2.22.